The molecule has 69 heavy (non-hydrogen) atoms. The molecule has 5 aromatic rings. The van der Waals surface area contributed by atoms with Gasteiger partial charge < -0.3 is 34.3 Å². The average Bonchev–Trinajstić information content (AvgIpc) is 4.13. The van der Waals surface area contributed by atoms with Gasteiger partial charge in [0.2, 0.25) is 5.88 Å². The number of aromatic nitrogens is 2. The average molecular weight is 971 g/mol. The van der Waals surface area contributed by atoms with Crippen molar-refractivity contribution in [2.75, 3.05) is 67.7 Å². The molecule has 1 aliphatic carbocycles. The number of nitro groups is 1. The first kappa shape index (κ1) is 45.5. The summed E-state index contributed by atoms with van der Waals surface area (Å²) < 4.78 is 90.3. The Bertz CT molecular complexity index is 2900. The van der Waals surface area contributed by atoms with Crippen LogP contribution in [0.3, 0.4) is 0 Å². The number of anilines is 4. The monoisotopic (exact) mass is 970 g/mol. The van der Waals surface area contributed by atoms with Gasteiger partial charge in [-0.15, -0.1) is 0 Å². The number of nitrogens with one attached hydrogen (secondary N) is 3. The summed E-state index contributed by atoms with van der Waals surface area (Å²) in [5, 5.41) is 16.2. The second kappa shape index (κ2) is 17.8. The van der Waals surface area contributed by atoms with Crippen LogP contribution in [0, 0.1) is 21.4 Å². The fraction of sp³-hybridized carbons (Fsp3) is 0.469. The van der Waals surface area contributed by atoms with Crippen molar-refractivity contribution < 1.29 is 45.5 Å². The number of pyridine rings is 1. The van der Waals surface area contributed by atoms with Crippen molar-refractivity contribution in [3.05, 3.63) is 106 Å². The number of aromatic amines is 1. The molecule has 2 aromatic heterocycles. The first-order valence-electron chi connectivity index (χ1n) is 23.7. The molecule has 4 saturated heterocycles. The molecule has 20 heteroatoms. The van der Waals surface area contributed by atoms with Crippen LogP contribution in [0.1, 0.15) is 78.9 Å². The molecular weight excluding hydrogens is 918 g/mol. The molecule has 1 spiro atoms. The van der Waals surface area contributed by atoms with Crippen molar-refractivity contribution in [2.45, 2.75) is 86.7 Å². The fourth-order valence-corrected chi connectivity index (χ4v) is 12.7. The van der Waals surface area contributed by atoms with Gasteiger partial charge in [-0.2, -0.15) is 18.2 Å². The smallest absolute Gasteiger partial charge is 0.416 e. The number of benzene rings is 3. The molecule has 11 rings (SSSR count). The number of carbonyl (C=O) groups excluding carboxylic acids is 1. The van der Waals surface area contributed by atoms with Gasteiger partial charge in [-0.25, -0.2) is 13.1 Å². The van der Waals surface area contributed by atoms with E-state index in [0.29, 0.717) is 67.7 Å². The van der Waals surface area contributed by atoms with E-state index in [4.69, 9.17) is 19.2 Å². The highest BCUT2D eigenvalue weighted by Gasteiger charge is 2.51. The minimum Gasteiger partial charge on any atom is -0.468 e. The Morgan fingerprint density at radius 2 is 1.74 bits per heavy atom. The third-order valence-electron chi connectivity index (χ3n) is 15.4. The summed E-state index contributed by atoms with van der Waals surface area (Å²) in [7, 11) is -4.64. The van der Waals surface area contributed by atoms with Crippen LogP contribution in [-0.2, 0) is 25.7 Å². The summed E-state index contributed by atoms with van der Waals surface area (Å²) in [5.74, 6) is -0.368. The zero-order valence-corrected chi connectivity index (χ0v) is 38.6. The molecule has 16 nitrogen and oxygen atoms in total. The zero-order chi connectivity index (χ0) is 47.7. The van der Waals surface area contributed by atoms with Gasteiger partial charge in [-0.05, 0) is 123 Å². The van der Waals surface area contributed by atoms with Crippen molar-refractivity contribution in [1.29, 1.82) is 0 Å². The van der Waals surface area contributed by atoms with E-state index in [9.17, 15) is 36.5 Å². The first-order valence-corrected chi connectivity index (χ1v) is 25.2. The Kier molecular flexibility index (Phi) is 11.7. The van der Waals surface area contributed by atoms with Gasteiger partial charge in [0.25, 0.3) is 21.6 Å². The molecule has 3 N–H and O–H groups in total. The van der Waals surface area contributed by atoms with Crippen molar-refractivity contribution in [2.24, 2.45) is 11.3 Å². The van der Waals surface area contributed by atoms with Gasteiger partial charge in [-0.3, -0.25) is 19.8 Å². The van der Waals surface area contributed by atoms with Crippen LogP contribution in [0.4, 0.5) is 41.6 Å². The van der Waals surface area contributed by atoms with Crippen LogP contribution in [0.15, 0.2) is 83.9 Å². The van der Waals surface area contributed by atoms with Gasteiger partial charge in [0.15, 0.2) is 0 Å². The maximum Gasteiger partial charge on any atom is 0.416 e. The van der Waals surface area contributed by atoms with Crippen LogP contribution in [-0.4, -0.2) is 105 Å². The number of nitrogens with zero attached hydrogens (tertiary/aromatic N) is 5. The first-order chi connectivity index (χ1) is 33.2. The number of rotatable bonds is 11. The molecule has 364 valence electrons. The van der Waals surface area contributed by atoms with Gasteiger partial charge in [0.1, 0.15) is 23.1 Å². The molecule has 3 aromatic carbocycles. The molecule has 0 radical (unpaired) electrons. The van der Waals surface area contributed by atoms with E-state index in [0.717, 1.165) is 68.6 Å². The number of sulfonamides is 1. The molecular formula is C49H53F3N8O8S. The summed E-state index contributed by atoms with van der Waals surface area (Å²) in [6.07, 6.45) is 3.63. The van der Waals surface area contributed by atoms with Gasteiger partial charge in [0.05, 0.1) is 45.9 Å². The van der Waals surface area contributed by atoms with Crippen LogP contribution >= 0.6 is 0 Å². The lowest BCUT2D eigenvalue weighted by molar-refractivity contribution is -0.384. The number of fused-ring (bicyclic) bond motifs is 3. The molecule has 7 heterocycles. The summed E-state index contributed by atoms with van der Waals surface area (Å²) in [4.78, 5) is 40.1. The SMILES string of the molecule is O=C(NS(=O)(=O)c1ccc(NCC2CCOCC2)c([N+](=O)[O-])c1)c1ccc(N2CCC3(CC2)CC(N2CCC[C@H]2c2ccccc2C(F)(F)F)C3)cc1N1c2cc3cc[nH]c3nc2O[C@@H]2COC[C@H]21. The summed E-state index contributed by atoms with van der Waals surface area (Å²) in [6.45, 7) is 4.36. The van der Waals surface area contributed by atoms with Crippen molar-refractivity contribution in [1.82, 2.24) is 19.6 Å². The predicted octanol–water partition coefficient (Wildman–Crippen LogP) is 8.33. The summed E-state index contributed by atoms with van der Waals surface area (Å²) in [5.41, 5.74) is 2.06. The minimum atomic E-state index is -4.64. The Morgan fingerprint density at radius 3 is 2.52 bits per heavy atom. The number of nitro benzene ring substituents is 1. The van der Waals surface area contributed by atoms with Crippen molar-refractivity contribution >= 4 is 55.4 Å². The maximum absolute atomic E-state index is 14.5. The largest absolute Gasteiger partial charge is 0.468 e. The lowest BCUT2D eigenvalue weighted by Gasteiger charge is -2.56. The van der Waals surface area contributed by atoms with Crippen LogP contribution < -0.4 is 24.6 Å². The number of likely N-dealkylation sites (tertiary alicyclic amines) is 1. The topological polar surface area (TPSA) is 184 Å². The quantitative estimate of drug-likeness (QED) is 0.0849. The van der Waals surface area contributed by atoms with Crippen molar-refractivity contribution in [3.63, 3.8) is 0 Å². The van der Waals surface area contributed by atoms with E-state index < -0.39 is 55.3 Å². The number of hydrogen-bond donors (Lipinski definition) is 3. The third kappa shape index (κ3) is 8.62. The van der Waals surface area contributed by atoms with Crippen LogP contribution in [0.5, 0.6) is 5.88 Å². The fourth-order valence-electron chi connectivity index (χ4n) is 11.7. The van der Waals surface area contributed by atoms with Crippen molar-refractivity contribution in [3.8, 4) is 5.88 Å². The van der Waals surface area contributed by atoms with Gasteiger partial charge in [-0.1, -0.05) is 18.2 Å². The summed E-state index contributed by atoms with van der Waals surface area (Å²) in [6, 6.07) is 18.2. The highest BCUT2D eigenvalue weighted by molar-refractivity contribution is 7.90. The highest BCUT2D eigenvalue weighted by Crippen LogP contribution is 2.55. The Hall–Kier alpha value is -5.96. The minimum absolute atomic E-state index is 0.0433. The summed E-state index contributed by atoms with van der Waals surface area (Å²) >= 11 is 0. The standard InChI is InChI=1S/C49H53F3N8O8S/c50-49(51,52)37-5-2-1-4-35(37)39-6-3-17-58(39)33-25-48(26-33)14-18-57(19-15-48)32-7-9-36(40(23-32)59-42-22-31-11-16-53-45(31)55-47(42)68-44-29-67-28-43(44)59)46(61)56-69(64,65)34-8-10-38(41(24-34)60(62)63)54-27-30-12-20-66-21-13-30/h1-2,4-5,7-11,16,22-24,30,33,39,43-44,54H,3,6,12-15,17-21,25-29H2,(H,53,55)(H,56,61)/t39-,43+,44+/m0/s1. The zero-order valence-electron chi connectivity index (χ0n) is 37.8. The molecule has 3 atom stereocenters. The molecule has 5 fully saturated rings. The molecule has 5 aliphatic heterocycles. The lowest BCUT2D eigenvalue weighted by atomic mass is 9.59. The number of hydrogen-bond acceptors (Lipinski definition) is 13. The van der Waals surface area contributed by atoms with Gasteiger partial charge >= 0.3 is 6.18 Å². The number of amides is 1. The normalized spacial score (nSPS) is 23.1. The molecule has 1 saturated carbocycles. The molecule has 6 aliphatic rings. The van der Waals surface area contributed by atoms with Crippen LogP contribution in [0.2, 0.25) is 0 Å². The Labute approximate surface area is 396 Å². The maximum atomic E-state index is 14.5. The van der Waals surface area contributed by atoms with Crippen LogP contribution in [0.25, 0.3) is 11.0 Å². The number of carbonyl (C=O) groups is 1. The van der Waals surface area contributed by atoms with E-state index >= 15 is 0 Å². The Morgan fingerprint density at radius 1 is 0.942 bits per heavy atom. The second-order valence-electron chi connectivity index (χ2n) is 19.4. The van der Waals surface area contributed by atoms with E-state index in [2.05, 4.69) is 24.8 Å². The molecule has 1 amide bonds. The Balaban J connectivity index is 0.863. The van der Waals surface area contributed by atoms with E-state index in [1.807, 2.05) is 23.1 Å². The predicted molar refractivity (Wildman–Crippen MR) is 251 cm³/mol. The van der Waals surface area contributed by atoms with E-state index in [-0.39, 0.29) is 47.9 Å². The third-order valence-corrected chi connectivity index (χ3v) is 16.7. The number of halogens is 3. The number of ether oxygens (including phenoxy) is 3. The number of alkyl halides is 3. The second-order valence-corrected chi connectivity index (χ2v) is 21.1. The molecule has 0 unspecified atom stereocenters. The number of H-pyrrole nitrogens is 1. The highest BCUT2D eigenvalue weighted by atomic mass is 32.2. The molecule has 0 bridgehead atoms. The van der Waals surface area contributed by atoms with Gasteiger partial charge in [0, 0.05) is 68.3 Å². The van der Waals surface area contributed by atoms with E-state index in [1.54, 1.807) is 30.5 Å². The number of piperidine rings is 1. The lowest BCUT2D eigenvalue weighted by Crippen LogP contribution is -2.55. The van der Waals surface area contributed by atoms with E-state index in [1.165, 1.54) is 24.3 Å².